The molecule has 0 bridgehead atoms. The molecule has 1 unspecified atom stereocenters. The van der Waals surface area contributed by atoms with Crippen LogP contribution < -0.4 is 19.7 Å². The lowest BCUT2D eigenvalue weighted by molar-refractivity contribution is -0.134. The monoisotopic (exact) mass is 371 g/mol. The molecule has 1 aromatic carbocycles. The third kappa shape index (κ3) is 4.26. The summed E-state index contributed by atoms with van der Waals surface area (Å²) in [6, 6.07) is 4.65. The maximum Gasteiger partial charge on any atom is 0.488 e. The Balaban J connectivity index is 1.94. The Morgan fingerprint density at radius 3 is 2.56 bits per heavy atom. The van der Waals surface area contributed by atoms with Crippen LogP contribution in [0.2, 0.25) is 0 Å². The van der Waals surface area contributed by atoms with E-state index in [1.807, 2.05) is 4.90 Å². The average Bonchev–Trinajstić information content (AvgIpc) is 2.54. The maximum absolute atomic E-state index is 13.1. The Morgan fingerprint density at radius 2 is 1.92 bits per heavy atom. The standard InChI is InChI=1S/C15H18FN3O5S/c16-25(22,23)24-13-9-10(11-2-4-14(20)18-15(11)21)1-3-12(13)19-7-5-17-6-8-19/h1,3,9,11,17H,2,4-8H2,(H,18,20,21). The van der Waals surface area contributed by atoms with Crippen LogP contribution in [0, 0.1) is 0 Å². The number of hydrogen-bond acceptors (Lipinski definition) is 7. The number of anilines is 1. The predicted molar refractivity (Wildman–Crippen MR) is 87.3 cm³/mol. The fraction of sp³-hybridized carbons (Fsp3) is 0.467. The van der Waals surface area contributed by atoms with Crippen molar-refractivity contribution >= 4 is 28.0 Å². The van der Waals surface area contributed by atoms with Gasteiger partial charge >= 0.3 is 10.5 Å². The lowest BCUT2D eigenvalue weighted by atomic mass is 9.90. The third-order valence-electron chi connectivity index (χ3n) is 4.27. The van der Waals surface area contributed by atoms with Gasteiger partial charge in [-0.25, -0.2) is 0 Å². The number of piperidine rings is 1. The van der Waals surface area contributed by atoms with E-state index >= 15 is 0 Å². The summed E-state index contributed by atoms with van der Waals surface area (Å²) in [5, 5.41) is 5.41. The number of piperazine rings is 1. The molecule has 25 heavy (non-hydrogen) atoms. The minimum Gasteiger partial charge on any atom is -0.366 e. The number of imide groups is 1. The topological polar surface area (TPSA) is 105 Å². The normalized spacial score (nSPS) is 21.8. The summed E-state index contributed by atoms with van der Waals surface area (Å²) in [5.41, 5.74) is 0.918. The van der Waals surface area contributed by atoms with Gasteiger partial charge in [0, 0.05) is 32.6 Å². The lowest BCUT2D eigenvalue weighted by Gasteiger charge is -2.31. The Labute approximate surface area is 144 Å². The number of hydrogen-bond donors (Lipinski definition) is 2. The number of amides is 2. The average molecular weight is 371 g/mol. The first kappa shape index (κ1) is 17.6. The van der Waals surface area contributed by atoms with Gasteiger partial charge in [-0.05, 0) is 24.1 Å². The fourth-order valence-corrected chi connectivity index (χ4v) is 3.45. The molecule has 2 aliphatic heterocycles. The van der Waals surface area contributed by atoms with Gasteiger partial charge in [-0.3, -0.25) is 14.9 Å². The molecule has 2 fully saturated rings. The van der Waals surface area contributed by atoms with Crippen molar-refractivity contribution in [1.29, 1.82) is 0 Å². The number of nitrogens with one attached hydrogen (secondary N) is 2. The Bertz CT molecular complexity index is 792. The zero-order valence-corrected chi connectivity index (χ0v) is 14.1. The Morgan fingerprint density at radius 1 is 1.20 bits per heavy atom. The van der Waals surface area contributed by atoms with Crippen molar-refractivity contribution in [3.05, 3.63) is 23.8 Å². The number of benzene rings is 1. The molecule has 1 atom stereocenters. The highest BCUT2D eigenvalue weighted by molar-refractivity contribution is 7.81. The van der Waals surface area contributed by atoms with Crippen molar-refractivity contribution in [3.63, 3.8) is 0 Å². The lowest BCUT2D eigenvalue weighted by Crippen LogP contribution is -2.43. The van der Waals surface area contributed by atoms with E-state index in [-0.39, 0.29) is 18.1 Å². The zero-order valence-electron chi connectivity index (χ0n) is 13.3. The Kier molecular flexibility index (Phi) is 4.91. The van der Waals surface area contributed by atoms with Gasteiger partial charge in [-0.15, -0.1) is 0 Å². The molecule has 0 aliphatic carbocycles. The molecular weight excluding hydrogens is 353 g/mol. The van der Waals surface area contributed by atoms with E-state index in [0.29, 0.717) is 43.9 Å². The van der Waals surface area contributed by atoms with E-state index < -0.39 is 22.3 Å². The van der Waals surface area contributed by atoms with Gasteiger partial charge in [-0.2, -0.15) is 8.42 Å². The number of rotatable bonds is 4. The minimum atomic E-state index is -5.21. The van der Waals surface area contributed by atoms with E-state index in [0.717, 1.165) is 0 Å². The molecule has 2 aliphatic rings. The summed E-state index contributed by atoms with van der Waals surface area (Å²) in [6.07, 6.45) is 0.493. The highest BCUT2D eigenvalue weighted by atomic mass is 32.3. The fourth-order valence-electron chi connectivity index (χ4n) is 3.10. The smallest absolute Gasteiger partial charge is 0.366 e. The first-order valence-electron chi connectivity index (χ1n) is 7.91. The third-order valence-corrected chi connectivity index (χ3v) is 4.65. The van der Waals surface area contributed by atoms with Crippen molar-refractivity contribution in [1.82, 2.24) is 10.6 Å². The molecule has 1 aromatic rings. The van der Waals surface area contributed by atoms with Crippen molar-refractivity contribution in [2.45, 2.75) is 18.8 Å². The molecule has 8 nitrogen and oxygen atoms in total. The quantitative estimate of drug-likeness (QED) is 0.576. The molecule has 2 amide bonds. The molecule has 0 aromatic heterocycles. The van der Waals surface area contributed by atoms with Crippen molar-refractivity contribution in [2.24, 2.45) is 0 Å². The van der Waals surface area contributed by atoms with Gasteiger partial charge in [0.1, 0.15) is 0 Å². The molecule has 2 saturated heterocycles. The zero-order chi connectivity index (χ0) is 18.0. The van der Waals surface area contributed by atoms with Crippen LogP contribution in [0.15, 0.2) is 18.2 Å². The van der Waals surface area contributed by atoms with E-state index in [1.54, 1.807) is 12.1 Å². The summed E-state index contributed by atoms with van der Waals surface area (Å²) < 4.78 is 39.6. The number of carbonyl (C=O) groups is 2. The summed E-state index contributed by atoms with van der Waals surface area (Å²) in [6.45, 7) is 2.63. The number of halogens is 1. The molecule has 0 spiro atoms. The number of nitrogens with zero attached hydrogens (tertiary/aromatic N) is 1. The molecule has 2 heterocycles. The minimum absolute atomic E-state index is 0.161. The SMILES string of the molecule is O=C1CCC(c2ccc(N3CCNCC3)c(OS(=O)(=O)F)c2)C(=O)N1. The molecule has 10 heteroatoms. The molecular formula is C15H18FN3O5S. The van der Waals surface area contributed by atoms with Crippen LogP contribution >= 0.6 is 0 Å². The second kappa shape index (κ2) is 6.96. The molecule has 136 valence electrons. The summed E-state index contributed by atoms with van der Waals surface area (Å²) in [7, 11) is -5.21. The van der Waals surface area contributed by atoms with E-state index in [9.17, 15) is 21.9 Å². The van der Waals surface area contributed by atoms with Crippen molar-refractivity contribution < 1.29 is 26.1 Å². The van der Waals surface area contributed by atoms with Gasteiger partial charge in [0.2, 0.25) is 11.8 Å². The van der Waals surface area contributed by atoms with Crippen molar-refractivity contribution in [2.75, 3.05) is 31.1 Å². The van der Waals surface area contributed by atoms with E-state index in [4.69, 9.17) is 0 Å². The van der Waals surface area contributed by atoms with Gasteiger partial charge in [0.25, 0.3) is 0 Å². The summed E-state index contributed by atoms with van der Waals surface area (Å²) in [4.78, 5) is 25.2. The van der Waals surface area contributed by atoms with Crippen LogP contribution in [0.3, 0.4) is 0 Å². The van der Waals surface area contributed by atoms with Crippen LogP contribution in [-0.4, -0.2) is 46.4 Å². The van der Waals surface area contributed by atoms with Gasteiger partial charge in [0.15, 0.2) is 5.75 Å². The summed E-state index contributed by atoms with van der Waals surface area (Å²) >= 11 is 0. The van der Waals surface area contributed by atoms with Gasteiger partial charge < -0.3 is 14.4 Å². The molecule has 3 rings (SSSR count). The highest BCUT2D eigenvalue weighted by Gasteiger charge is 2.29. The maximum atomic E-state index is 13.1. The van der Waals surface area contributed by atoms with E-state index in [2.05, 4.69) is 14.8 Å². The van der Waals surface area contributed by atoms with Crippen LogP contribution in [0.4, 0.5) is 9.57 Å². The second-order valence-corrected chi connectivity index (χ2v) is 6.90. The first-order chi connectivity index (χ1) is 11.8. The Hall–Kier alpha value is -2.20. The van der Waals surface area contributed by atoms with Crippen LogP contribution in [0.1, 0.15) is 24.3 Å². The molecule has 2 N–H and O–H groups in total. The summed E-state index contributed by atoms with van der Waals surface area (Å²) in [5.74, 6) is -1.58. The first-order valence-corrected chi connectivity index (χ1v) is 9.22. The molecule has 0 saturated carbocycles. The van der Waals surface area contributed by atoms with Gasteiger partial charge in [0.05, 0.1) is 11.6 Å². The molecule has 0 radical (unpaired) electrons. The van der Waals surface area contributed by atoms with Crippen LogP contribution in [0.25, 0.3) is 0 Å². The van der Waals surface area contributed by atoms with E-state index in [1.165, 1.54) is 6.07 Å². The van der Waals surface area contributed by atoms with Gasteiger partial charge in [-0.1, -0.05) is 9.95 Å². The number of carbonyl (C=O) groups excluding carboxylic acids is 2. The largest absolute Gasteiger partial charge is 0.488 e. The second-order valence-electron chi connectivity index (χ2n) is 5.94. The van der Waals surface area contributed by atoms with Crippen molar-refractivity contribution in [3.8, 4) is 5.75 Å². The van der Waals surface area contributed by atoms with Crippen LogP contribution in [-0.2, 0) is 20.1 Å². The van der Waals surface area contributed by atoms with Crippen LogP contribution in [0.5, 0.6) is 5.75 Å². The highest BCUT2D eigenvalue weighted by Crippen LogP contribution is 2.35. The predicted octanol–water partition coefficient (Wildman–Crippen LogP) is 0.209.